The van der Waals surface area contributed by atoms with Crippen molar-refractivity contribution in [2.75, 3.05) is 45.1 Å². The molecule has 1 aromatic heterocycles. The van der Waals surface area contributed by atoms with E-state index in [1.54, 1.807) is 0 Å². The normalized spacial score (nSPS) is 16.0. The van der Waals surface area contributed by atoms with Gasteiger partial charge in [0.25, 0.3) is 5.56 Å². The van der Waals surface area contributed by atoms with Crippen molar-refractivity contribution in [3.63, 3.8) is 0 Å². The molecular weight excluding hydrogens is 260 g/mol. The van der Waals surface area contributed by atoms with Crippen LogP contribution in [0.3, 0.4) is 0 Å². The molecule has 0 atom stereocenters. The summed E-state index contributed by atoms with van der Waals surface area (Å²) in [6, 6.07) is 2.88. The van der Waals surface area contributed by atoms with Crippen molar-refractivity contribution < 1.29 is 9.53 Å². The minimum Gasteiger partial charge on any atom is -0.398 e. The van der Waals surface area contributed by atoms with E-state index in [2.05, 4.69) is 10.2 Å². The largest absolute Gasteiger partial charge is 0.398 e. The number of carbonyl (C=O) groups is 1. The summed E-state index contributed by atoms with van der Waals surface area (Å²) in [5.74, 6) is -0.189. The van der Waals surface area contributed by atoms with Gasteiger partial charge in [-0.2, -0.15) is 0 Å². The molecule has 20 heavy (non-hydrogen) atoms. The number of nitrogens with one attached hydrogen (secondary N) is 1. The topological polar surface area (TPSA) is 89.6 Å². The molecule has 3 N–H and O–H groups in total. The van der Waals surface area contributed by atoms with Crippen LogP contribution >= 0.6 is 0 Å². The zero-order valence-corrected chi connectivity index (χ0v) is 11.4. The van der Waals surface area contributed by atoms with Crippen molar-refractivity contribution in [1.29, 1.82) is 0 Å². The molecule has 1 aliphatic heterocycles. The van der Waals surface area contributed by atoms with Gasteiger partial charge in [-0.15, -0.1) is 0 Å². The van der Waals surface area contributed by atoms with Gasteiger partial charge in [-0.25, -0.2) is 0 Å². The van der Waals surface area contributed by atoms with Crippen LogP contribution < -0.4 is 16.6 Å². The molecule has 7 nitrogen and oxygen atoms in total. The molecule has 7 heteroatoms. The summed E-state index contributed by atoms with van der Waals surface area (Å²) >= 11 is 0. The predicted molar refractivity (Wildman–Crippen MR) is 75.4 cm³/mol. The maximum Gasteiger partial charge on any atom is 0.251 e. The van der Waals surface area contributed by atoms with Gasteiger partial charge in [0.2, 0.25) is 5.91 Å². The molecule has 110 valence electrons. The minimum absolute atomic E-state index is 0.00696. The molecule has 2 rings (SSSR count). The number of anilines is 1. The Bertz CT molecular complexity index is 509. The fourth-order valence-corrected chi connectivity index (χ4v) is 2.06. The van der Waals surface area contributed by atoms with Crippen LogP contribution in [0.25, 0.3) is 0 Å². The lowest BCUT2D eigenvalue weighted by molar-refractivity contribution is -0.121. The molecule has 0 unspecified atom stereocenters. The summed E-state index contributed by atoms with van der Waals surface area (Å²) in [7, 11) is 0. The van der Waals surface area contributed by atoms with Crippen LogP contribution in [0.1, 0.15) is 0 Å². The van der Waals surface area contributed by atoms with Gasteiger partial charge in [0.05, 0.1) is 13.2 Å². The molecule has 0 radical (unpaired) electrons. The number of ether oxygens (including phenoxy) is 1. The van der Waals surface area contributed by atoms with Crippen molar-refractivity contribution in [1.82, 2.24) is 14.8 Å². The van der Waals surface area contributed by atoms with Crippen molar-refractivity contribution in [2.24, 2.45) is 0 Å². The van der Waals surface area contributed by atoms with E-state index in [1.165, 1.54) is 22.9 Å². The van der Waals surface area contributed by atoms with Crippen LogP contribution in [0.4, 0.5) is 5.69 Å². The molecule has 1 aliphatic rings. The Morgan fingerprint density at radius 3 is 2.85 bits per heavy atom. The first kappa shape index (κ1) is 14.5. The average Bonchev–Trinajstić information content (AvgIpc) is 2.44. The number of hydrogen-bond donors (Lipinski definition) is 2. The number of nitrogen functional groups attached to an aromatic ring is 1. The minimum atomic E-state index is -0.234. The van der Waals surface area contributed by atoms with E-state index in [0.29, 0.717) is 12.2 Å². The Balaban J connectivity index is 1.74. The Labute approximate surface area is 117 Å². The molecule has 0 bridgehead atoms. The van der Waals surface area contributed by atoms with Crippen LogP contribution in [0.5, 0.6) is 0 Å². The number of rotatable bonds is 5. The molecule has 0 spiro atoms. The molecule has 0 saturated carbocycles. The molecule has 0 aromatic carbocycles. The molecular formula is C13H20N4O3. The fourth-order valence-electron chi connectivity index (χ4n) is 2.06. The van der Waals surface area contributed by atoms with E-state index in [9.17, 15) is 9.59 Å². The van der Waals surface area contributed by atoms with E-state index in [0.717, 1.165) is 32.8 Å². The highest BCUT2D eigenvalue weighted by molar-refractivity contribution is 5.75. The first-order valence-electron chi connectivity index (χ1n) is 6.68. The maximum absolute atomic E-state index is 11.8. The molecule has 2 heterocycles. The maximum atomic E-state index is 11.8. The van der Waals surface area contributed by atoms with Crippen molar-refractivity contribution in [3.8, 4) is 0 Å². The number of nitrogens with two attached hydrogens (primary N) is 1. The quantitative estimate of drug-likeness (QED) is 0.713. The second-order valence-electron chi connectivity index (χ2n) is 4.73. The lowest BCUT2D eigenvalue weighted by Gasteiger charge is -2.26. The van der Waals surface area contributed by atoms with Gasteiger partial charge in [-0.1, -0.05) is 0 Å². The number of morpholine rings is 1. The van der Waals surface area contributed by atoms with Gasteiger partial charge in [-0.05, 0) is 6.07 Å². The summed E-state index contributed by atoms with van der Waals surface area (Å²) in [5, 5.41) is 2.80. The smallest absolute Gasteiger partial charge is 0.251 e. The Hall–Kier alpha value is -1.86. The van der Waals surface area contributed by atoms with Crippen molar-refractivity contribution in [2.45, 2.75) is 6.54 Å². The highest BCUT2D eigenvalue weighted by Gasteiger charge is 2.10. The number of nitrogens with zero attached hydrogens (tertiary/aromatic N) is 2. The highest BCUT2D eigenvalue weighted by atomic mass is 16.5. The zero-order valence-electron chi connectivity index (χ0n) is 11.4. The first-order valence-corrected chi connectivity index (χ1v) is 6.68. The molecule has 1 fully saturated rings. The van der Waals surface area contributed by atoms with E-state index in [1.807, 2.05) is 0 Å². The summed E-state index contributed by atoms with van der Waals surface area (Å²) in [6.45, 7) is 4.62. The van der Waals surface area contributed by atoms with E-state index in [-0.39, 0.29) is 18.0 Å². The van der Waals surface area contributed by atoms with Crippen LogP contribution in [-0.4, -0.2) is 54.8 Å². The molecule has 1 aromatic rings. The first-order chi connectivity index (χ1) is 9.65. The Kier molecular flexibility index (Phi) is 5.14. The zero-order chi connectivity index (χ0) is 14.4. The summed E-state index contributed by atoms with van der Waals surface area (Å²) in [4.78, 5) is 25.5. The lowest BCUT2D eigenvalue weighted by Crippen LogP contribution is -2.42. The predicted octanol–water partition coefficient (Wildman–Crippen LogP) is -1.12. The summed E-state index contributed by atoms with van der Waals surface area (Å²) < 4.78 is 6.56. The highest BCUT2D eigenvalue weighted by Crippen LogP contribution is 1.96. The number of aromatic nitrogens is 1. The van der Waals surface area contributed by atoms with Gasteiger partial charge in [0.15, 0.2) is 0 Å². The van der Waals surface area contributed by atoms with Gasteiger partial charge < -0.3 is 20.4 Å². The third-order valence-corrected chi connectivity index (χ3v) is 3.17. The number of carbonyl (C=O) groups excluding carboxylic acids is 1. The number of hydrogen-bond acceptors (Lipinski definition) is 5. The lowest BCUT2D eigenvalue weighted by atomic mass is 10.4. The second kappa shape index (κ2) is 7.06. The monoisotopic (exact) mass is 280 g/mol. The van der Waals surface area contributed by atoms with Crippen LogP contribution in [0, 0.1) is 0 Å². The number of amides is 1. The van der Waals surface area contributed by atoms with Crippen molar-refractivity contribution >= 4 is 11.6 Å². The summed E-state index contributed by atoms with van der Waals surface area (Å²) in [5.41, 5.74) is 5.82. The molecule has 0 aliphatic carbocycles. The molecule has 1 amide bonds. The van der Waals surface area contributed by atoms with Gasteiger partial charge in [-0.3, -0.25) is 14.5 Å². The van der Waals surface area contributed by atoms with Gasteiger partial charge in [0.1, 0.15) is 6.54 Å². The van der Waals surface area contributed by atoms with Crippen LogP contribution in [0.15, 0.2) is 23.1 Å². The van der Waals surface area contributed by atoms with Crippen LogP contribution in [0.2, 0.25) is 0 Å². The number of pyridine rings is 1. The third kappa shape index (κ3) is 4.36. The van der Waals surface area contributed by atoms with Gasteiger partial charge >= 0.3 is 0 Å². The standard InChI is InChI=1S/C13H20N4O3/c14-11-1-2-13(19)17(9-11)10-12(18)15-3-4-16-5-7-20-8-6-16/h1-2,9H,3-8,10,14H2,(H,15,18). The Morgan fingerprint density at radius 1 is 1.35 bits per heavy atom. The average molecular weight is 280 g/mol. The van der Waals surface area contributed by atoms with Crippen LogP contribution in [-0.2, 0) is 16.1 Å². The third-order valence-electron chi connectivity index (χ3n) is 3.17. The van der Waals surface area contributed by atoms with E-state index < -0.39 is 0 Å². The SMILES string of the molecule is Nc1ccc(=O)n(CC(=O)NCCN2CCOCC2)c1. The van der Waals surface area contributed by atoms with E-state index in [4.69, 9.17) is 10.5 Å². The Morgan fingerprint density at radius 2 is 2.10 bits per heavy atom. The summed E-state index contributed by atoms with van der Waals surface area (Å²) in [6.07, 6.45) is 1.48. The van der Waals surface area contributed by atoms with E-state index >= 15 is 0 Å². The second-order valence-corrected chi connectivity index (χ2v) is 4.73. The molecule has 1 saturated heterocycles. The van der Waals surface area contributed by atoms with Gasteiger partial charge in [0, 0.05) is 44.1 Å². The van der Waals surface area contributed by atoms with Crippen molar-refractivity contribution in [3.05, 3.63) is 28.7 Å². The fraction of sp³-hybridized carbons (Fsp3) is 0.538.